The molecule has 0 aromatic heterocycles. The molecular formula is C9H19NO3. The van der Waals surface area contributed by atoms with E-state index in [1.54, 1.807) is 0 Å². The van der Waals surface area contributed by atoms with Gasteiger partial charge in [-0.05, 0) is 19.6 Å². The van der Waals surface area contributed by atoms with Crippen LogP contribution < -0.4 is 0 Å². The van der Waals surface area contributed by atoms with Crippen LogP contribution in [0, 0.1) is 0 Å². The van der Waals surface area contributed by atoms with Crippen molar-refractivity contribution in [2.75, 3.05) is 19.6 Å². The minimum atomic E-state index is -1.38. The lowest BCUT2D eigenvalue weighted by Gasteiger charge is -2.13. The number of nitrogens with zero attached hydrogens (tertiary/aromatic N) is 1. The van der Waals surface area contributed by atoms with Crippen LogP contribution in [0.3, 0.4) is 0 Å². The first-order valence-electron chi connectivity index (χ1n) is 4.45. The molecule has 0 saturated heterocycles. The molecule has 4 heteroatoms. The number of hydrogen-bond donors (Lipinski definition) is 1. The van der Waals surface area contributed by atoms with Crippen LogP contribution in [0.15, 0.2) is 0 Å². The lowest BCUT2D eigenvalue weighted by atomic mass is 10.5. The van der Waals surface area contributed by atoms with Crippen molar-refractivity contribution in [2.45, 2.75) is 27.7 Å². The maximum atomic E-state index is 9.54. The van der Waals surface area contributed by atoms with Gasteiger partial charge in [0.05, 0.1) is 0 Å². The molecule has 0 aliphatic heterocycles. The Balaban J connectivity index is 0. The summed E-state index contributed by atoms with van der Waals surface area (Å²) in [6.07, 6.45) is 0. The van der Waals surface area contributed by atoms with Gasteiger partial charge in [-0.3, -0.25) is 4.79 Å². The number of carbonyl (C=O) groups is 2. The summed E-state index contributed by atoms with van der Waals surface area (Å²) in [6, 6.07) is 0. The highest BCUT2D eigenvalue weighted by Crippen LogP contribution is 1.81. The number of aliphatic carboxylic acids is 1. The molecule has 1 N–H and O–H groups in total. The molecule has 0 heterocycles. The van der Waals surface area contributed by atoms with E-state index in [2.05, 4.69) is 25.7 Å². The molecule has 0 rings (SSSR count). The van der Waals surface area contributed by atoms with Crippen LogP contribution in [-0.4, -0.2) is 41.4 Å². The molecule has 78 valence electrons. The lowest BCUT2D eigenvalue weighted by molar-refractivity contribution is -0.148. The Labute approximate surface area is 79.5 Å². The Morgan fingerprint density at radius 2 is 1.31 bits per heavy atom. The van der Waals surface area contributed by atoms with E-state index in [4.69, 9.17) is 5.11 Å². The predicted octanol–water partition coefficient (Wildman–Crippen LogP) is 1.01. The molecular weight excluding hydrogens is 170 g/mol. The molecule has 0 unspecified atom stereocenters. The summed E-state index contributed by atoms with van der Waals surface area (Å²) in [5, 5.41) is 7.64. The van der Waals surface area contributed by atoms with E-state index in [0.717, 1.165) is 6.92 Å². The topological polar surface area (TPSA) is 57.6 Å². The van der Waals surface area contributed by atoms with Crippen LogP contribution >= 0.6 is 0 Å². The summed E-state index contributed by atoms with van der Waals surface area (Å²) in [7, 11) is 0. The number of carbonyl (C=O) groups excluding carboxylic acids is 1. The minimum absolute atomic E-state index is 0.824. The van der Waals surface area contributed by atoms with Gasteiger partial charge in [0.15, 0.2) is 0 Å². The van der Waals surface area contributed by atoms with Gasteiger partial charge in [-0.25, -0.2) is 4.79 Å². The lowest BCUT2D eigenvalue weighted by Crippen LogP contribution is -2.21. The summed E-state index contributed by atoms with van der Waals surface area (Å²) < 4.78 is 0. The van der Waals surface area contributed by atoms with Crippen molar-refractivity contribution in [3.05, 3.63) is 0 Å². The van der Waals surface area contributed by atoms with E-state index in [1.807, 2.05) is 0 Å². The number of carboxylic acid groups (broad SMARTS) is 1. The molecule has 0 bridgehead atoms. The molecule has 0 radical (unpaired) electrons. The average molecular weight is 189 g/mol. The van der Waals surface area contributed by atoms with Crippen LogP contribution in [-0.2, 0) is 9.59 Å². The zero-order chi connectivity index (χ0) is 10.9. The fourth-order valence-corrected chi connectivity index (χ4v) is 0.671. The van der Waals surface area contributed by atoms with Crippen LogP contribution in [0.2, 0.25) is 0 Å². The number of Topliss-reactive ketones (excluding diaryl/α,β-unsaturated/α-hetero) is 1. The Kier molecular flexibility index (Phi) is 10.3. The summed E-state index contributed by atoms with van der Waals surface area (Å²) >= 11 is 0. The second-order valence-electron chi connectivity index (χ2n) is 2.48. The summed E-state index contributed by atoms with van der Waals surface area (Å²) in [5.74, 6) is -2.20. The molecule has 0 spiro atoms. The first kappa shape index (κ1) is 14.6. The quantitative estimate of drug-likeness (QED) is 0.670. The van der Waals surface area contributed by atoms with Crippen molar-refractivity contribution in [1.82, 2.24) is 4.90 Å². The Morgan fingerprint density at radius 1 is 1.08 bits per heavy atom. The standard InChI is InChI=1S/C6H15N.C3H4O3/c1-4-7(5-2)6-3;1-2(4)3(5)6/h4-6H2,1-3H3;1H3,(H,5,6). The van der Waals surface area contributed by atoms with E-state index in [0.29, 0.717) is 0 Å². The van der Waals surface area contributed by atoms with Gasteiger partial charge in [0.1, 0.15) is 0 Å². The van der Waals surface area contributed by atoms with Crippen LogP contribution in [0.25, 0.3) is 0 Å². The number of hydrogen-bond acceptors (Lipinski definition) is 3. The minimum Gasteiger partial charge on any atom is -0.476 e. The molecule has 0 atom stereocenters. The second kappa shape index (κ2) is 9.19. The van der Waals surface area contributed by atoms with Gasteiger partial charge in [0.2, 0.25) is 5.78 Å². The summed E-state index contributed by atoms with van der Waals surface area (Å²) in [4.78, 5) is 21.3. The molecule has 0 aromatic carbocycles. The molecule has 13 heavy (non-hydrogen) atoms. The van der Waals surface area contributed by atoms with Crippen molar-refractivity contribution in [1.29, 1.82) is 0 Å². The van der Waals surface area contributed by atoms with Gasteiger partial charge >= 0.3 is 5.97 Å². The third-order valence-electron chi connectivity index (χ3n) is 1.64. The third-order valence-corrected chi connectivity index (χ3v) is 1.64. The normalized spacial score (nSPS) is 9.00. The highest BCUT2D eigenvalue weighted by molar-refractivity contribution is 6.31. The number of ketones is 1. The maximum absolute atomic E-state index is 9.54. The third kappa shape index (κ3) is 11.1. The molecule has 4 nitrogen and oxygen atoms in total. The van der Waals surface area contributed by atoms with Crippen molar-refractivity contribution in [3.8, 4) is 0 Å². The fourth-order valence-electron chi connectivity index (χ4n) is 0.671. The summed E-state index contributed by atoms with van der Waals surface area (Å²) in [6.45, 7) is 11.1. The van der Waals surface area contributed by atoms with Crippen LogP contribution in [0.4, 0.5) is 0 Å². The van der Waals surface area contributed by atoms with Crippen LogP contribution in [0.1, 0.15) is 27.7 Å². The average Bonchev–Trinajstić information content (AvgIpc) is 2.08. The smallest absolute Gasteiger partial charge is 0.371 e. The Morgan fingerprint density at radius 3 is 1.31 bits per heavy atom. The van der Waals surface area contributed by atoms with Gasteiger partial charge in [-0.15, -0.1) is 0 Å². The fraction of sp³-hybridized carbons (Fsp3) is 0.778. The highest BCUT2D eigenvalue weighted by Gasteiger charge is 1.98. The first-order chi connectivity index (χ1) is 5.99. The molecule has 0 aliphatic rings. The van der Waals surface area contributed by atoms with Gasteiger partial charge in [-0.2, -0.15) is 0 Å². The zero-order valence-corrected chi connectivity index (χ0v) is 8.83. The monoisotopic (exact) mass is 189 g/mol. The maximum Gasteiger partial charge on any atom is 0.371 e. The van der Waals surface area contributed by atoms with E-state index in [-0.39, 0.29) is 0 Å². The van der Waals surface area contributed by atoms with Crippen molar-refractivity contribution in [3.63, 3.8) is 0 Å². The molecule has 0 fully saturated rings. The highest BCUT2D eigenvalue weighted by atomic mass is 16.4. The second-order valence-corrected chi connectivity index (χ2v) is 2.48. The number of rotatable bonds is 4. The van der Waals surface area contributed by atoms with Gasteiger partial charge in [0.25, 0.3) is 0 Å². The number of carboxylic acids is 1. The summed E-state index contributed by atoms with van der Waals surface area (Å²) in [5.41, 5.74) is 0. The molecule has 0 amide bonds. The molecule has 0 aliphatic carbocycles. The zero-order valence-electron chi connectivity index (χ0n) is 8.83. The first-order valence-corrected chi connectivity index (χ1v) is 4.45. The van der Waals surface area contributed by atoms with Gasteiger partial charge < -0.3 is 10.0 Å². The van der Waals surface area contributed by atoms with Crippen molar-refractivity contribution < 1.29 is 14.7 Å². The van der Waals surface area contributed by atoms with E-state index >= 15 is 0 Å². The SMILES string of the molecule is CC(=O)C(=O)O.CCN(CC)CC. The largest absolute Gasteiger partial charge is 0.476 e. The van der Waals surface area contributed by atoms with Crippen molar-refractivity contribution in [2.24, 2.45) is 0 Å². The molecule has 0 saturated carbocycles. The van der Waals surface area contributed by atoms with Crippen LogP contribution in [0.5, 0.6) is 0 Å². The molecule has 0 aromatic rings. The van der Waals surface area contributed by atoms with Crippen molar-refractivity contribution >= 4 is 11.8 Å². The van der Waals surface area contributed by atoms with Gasteiger partial charge in [0, 0.05) is 6.92 Å². The predicted molar refractivity (Wildman–Crippen MR) is 51.8 cm³/mol. The van der Waals surface area contributed by atoms with Gasteiger partial charge in [-0.1, -0.05) is 20.8 Å². The van der Waals surface area contributed by atoms with E-state index in [1.165, 1.54) is 19.6 Å². The van der Waals surface area contributed by atoms with E-state index < -0.39 is 11.8 Å². The Bertz CT molecular complexity index is 135. The Hall–Kier alpha value is -0.900. The van der Waals surface area contributed by atoms with E-state index in [9.17, 15) is 9.59 Å².